The zero-order valence-electron chi connectivity index (χ0n) is 12.0. The molecule has 0 spiro atoms. The molecule has 0 amide bonds. The maximum atomic E-state index is 10.8. The fraction of sp³-hybridized carbons (Fsp3) is 0.211. The molecule has 0 unspecified atom stereocenters. The second-order valence-corrected chi connectivity index (χ2v) is 3.63. The predicted molar refractivity (Wildman–Crippen MR) is 83.7 cm³/mol. The number of benzene rings is 1. The van der Waals surface area contributed by atoms with Crippen molar-refractivity contribution < 1.29 is 4.79 Å². The summed E-state index contributed by atoms with van der Waals surface area (Å²) in [5, 5.41) is 0. The molecule has 0 bridgehead atoms. The van der Waals surface area contributed by atoms with E-state index in [1.54, 1.807) is 13.8 Å². The Morgan fingerprint density at radius 3 is 2.05 bits per heavy atom. The summed E-state index contributed by atoms with van der Waals surface area (Å²) in [6.45, 7) is 5.40. The van der Waals surface area contributed by atoms with Gasteiger partial charge in [0.1, 0.15) is 0 Å². The minimum absolute atomic E-state index is 0.132. The maximum Gasteiger partial charge on any atom is 0.159 e. The standard InChI is InChI=1S/C10H12O.C9H4/c1-3-9-4-6-10(7-5-9)8(2)11;1-3-5-7-9-8-6-4-2/h4-7H,3H2,1-2H3;1H,2H3. The molecule has 98 valence electrons. The quantitative estimate of drug-likeness (QED) is 0.590. The number of terminal acetylenes is 1. The van der Waals surface area contributed by atoms with E-state index in [-0.39, 0.29) is 5.78 Å². The van der Waals surface area contributed by atoms with E-state index in [4.69, 9.17) is 6.42 Å². The van der Waals surface area contributed by atoms with Crippen LogP contribution in [0.2, 0.25) is 0 Å². The SMILES string of the molecule is C#CC#CC#CC#CC.CCc1ccc(C(C)=O)cc1. The minimum Gasteiger partial charge on any atom is -0.295 e. The van der Waals surface area contributed by atoms with Gasteiger partial charge in [-0.1, -0.05) is 37.1 Å². The molecule has 0 N–H and O–H groups in total. The Labute approximate surface area is 121 Å². The molecule has 20 heavy (non-hydrogen) atoms. The number of aryl methyl sites for hydroxylation is 1. The van der Waals surface area contributed by atoms with Crippen LogP contribution in [0.4, 0.5) is 0 Å². The largest absolute Gasteiger partial charge is 0.295 e. The van der Waals surface area contributed by atoms with Crippen LogP contribution in [0.3, 0.4) is 0 Å². The first-order valence-corrected chi connectivity index (χ1v) is 6.12. The summed E-state index contributed by atoms with van der Waals surface area (Å²) in [6.07, 6.45) is 5.84. The summed E-state index contributed by atoms with van der Waals surface area (Å²) in [5.41, 5.74) is 2.07. The highest BCUT2D eigenvalue weighted by atomic mass is 16.1. The summed E-state index contributed by atoms with van der Waals surface area (Å²) >= 11 is 0. The molecule has 1 aromatic rings. The molecule has 1 rings (SSSR count). The number of hydrogen-bond donors (Lipinski definition) is 0. The highest BCUT2D eigenvalue weighted by molar-refractivity contribution is 5.93. The lowest BCUT2D eigenvalue weighted by atomic mass is 10.1. The third-order valence-corrected chi connectivity index (χ3v) is 2.22. The van der Waals surface area contributed by atoms with Crippen LogP contribution >= 0.6 is 0 Å². The molecular weight excluding hydrogens is 244 g/mol. The van der Waals surface area contributed by atoms with E-state index in [1.807, 2.05) is 24.3 Å². The average Bonchev–Trinajstić information content (AvgIpc) is 2.48. The third kappa shape index (κ3) is 8.25. The van der Waals surface area contributed by atoms with Crippen LogP contribution in [-0.2, 0) is 6.42 Å². The molecule has 0 aromatic heterocycles. The summed E-state index contributed by atoms with van der Waals surface area (Å²) in [7, 11) is 0. The first-order valence-electron chi connectivity index (χ1n) is 6.12. The number of carbonyl (C=O) groups is 1. The van der Waals surface area contributed by atoms with Crippen molar-refractivity contribution in [3.63, 3.8) is 0 Å². The lowest BCUT2D eigenvalue weighted by Crippen LogP contribution is -1.91. The van der Waals surface area contributed by atoms with E-state index >= 15 is 0 Å². The van der Waals surface area contributed by atoms with Gasteiger partial charge in [-0.15, -0.1) is 6.42 Å². The van der Waals surface area contributed by atoms with E-state index in [9.17, 15) is 4.79 Å². The fourth-order valence-electron chi connectivity index (χ4n) is 1.17. The molecule has 1 heteroatoms. The summed E-state index contributed by atoms with van der Waals surface area (Å²) in [4.78, 5) is 10.8. The Morgan fingerprint density at radius 1 is 1.05 bits per heavy atom. The molecule has 0 saturated heterocycles. The van der Waals surface area contributed by atoms with Crippen molar-refractivity contribution in [2.75, 3.05) is 0 Å². The fourth-order valence-corrected chi connectivity index (χ4v) is 1.17. The van der Waals surface area contributed by atoms with Gasteiger partial charge in [-0.05, 0) is 61.4 Å². The Bertz CT molecular complexity index is 651. The van der Waals surface area contributed by atoms with Crippen molar-refractivity contribution in [1.29, 1.82) is 0 Å². The molecule has 0 radical (unpaired) electrons. The van der Waals surface area contributed by atoms with Gasteiger partial charge in [-0.3, -0.25) is 4.79 Å². The maximum absolute atomic E-state index is 10.8. The number of Topliss-reactive ketones (excluding diaryl/α,β-unsaturated/α-hetero) is 1. The van der Waals surface area contributed by atoms with Gasteiger partial charge in [0.25, 0.3) is 0 Å². The van der Waals surface area contributed by atoms with Gasteiger partial charge in [0.15, 0.2) is 5.78 Å². The van der Waals surface area contributed by atoms with Gasteiger partial charge in [0.05, 0.1) is 0 Å². The van der Waals surface area contributed by atoms with Crippen LogP contribution in [-0.4, -0.2) is 5.78 Å². The van der Waals surface area contributed by atoms with E-state index in [2.05, 4.69) is 48.4 Å². The highest BCUT2D eigenvalue weighted by Gasteiger charge is 1.96. The van der Waals surface area contributed by atoms with Gasteiger partial charge >= 0.3 is 0 Å². The van der Waals surface area contributed by atoms with E-state index < -0.39 is 0 Å². The van der Waals surface area contributed by atoms with Crippen molar-refractivity contribution in [1.82, 2.24) is 0 Å². The summed E-state index contributed by atoms with van der Waals surface area (Å²) in [6, 6.07) is 7.75. The van der Waals surface area contributed by atoms with Crippen molar-refractivity contribution in [3.05, 3.63) is 35.4 Å². The third-order valence-electron chi connectivity index (χ3n) is 2.22. The molecule has 0 aliphatic carbocycles. The Balaban J connectivity index is 0.000000370. The van der Waals surface area contributed by atoms with Crippen molar-refractivity contribution in [2.45, 2.75) is 27.2 Å². The molecular formula is C19H16O. The molecule has 0 saturated carbocycles. The first-order chi connectivity index (χ1) is 9.65. The zero-order valence-corrected chi connectivity index (χ0v) is 12.0. The average molecular weight is 260 g/mol. The van der Waals surface area contributed by atoms with Crippen LogP contribution in [0, 0.1) is 47.9 Å². The van der Waals surface area contributed by atoms with Crippen LogP contribution in [0.15, 0.2) is 24.3 Å². The molecule has 0 heterocycles. The van der Waals surface area contributed by atoms with Crippen LogP contribution in [0.1, 0.15) is 36.7 Å². The number of carbonyl (C=O) groups excluding carboxylic acids is 1. The number of hydrogen-bond acceptors (Lipinski definition) is 1. The van der Waals surface area contributed by atoms with Gasteiger partial charge in [-0.25, -0.2) is 0 Å². The minimum atomic E-state index is 0.132. The van der Waals surface area contributed by atoms with Crippen molar-refractivity contribution in [3.8, 4) is 47.9 Å². The Kier molecular flexibility index (Phi) is 9.62. The molecule has 0 atom stereocenters. The smallest absolute Gasteiger partial charge is 0.159 e. The zero-order chi connectivity index (χ0) is 15.2. The number of rotatable bonds is 2. The summed E-state index contributed by atoms with van der Waals surface area (Å²) in [5.74, 6) is 17.1. The Hall–Kier alpha value is -2.87. The van der Waals surface area contributed by atoms with Gasteiger partial charge in [0.2, 0.25) is 0 Å². The normalized spacial score (nSPS) is 6.90. The molecule has 1 nitrogen and oxygen atoms in total. The van der Waals surface area contributed by atoms with Crippen LogP contribution in [0.5, 0.6) is 0 Å². The topological polar surface area (TPSA) is 17.1 Å². The number of ketones is 1. The molecule has 0 aliphatic rings. The predicted octanol–water partition coefficient (Wildman–Crippen LogP) is 3.10. The Morgan fingerprint density at radius 2 is 1.60 bits per heavy atom. The van der Waals surface area contributed by atoms with E-state index in [1.165, 1.54) is 5.56 Å². The monoisotopic (exact) mass is 260 g/mol. The first kappa shape index (κ1) is 17.1. The molecule has 0 aliphatic heterocycles. The summed E-state index contributed by atoms with van der Waals surface area (Å²) < 4.78 is 0. The van der Waals surface area contributed by atoms with Gasteiger partial charge < -0.3 is 0 Å². The lowest BCUT2D eigenvalue weighted by molar-refractivity contribution is 0.101. The molecule has 1 aromatic carbocycles. The van der Waals surface area contributed by atoms with Crippen molar-refractivity contribution in [2.24, 2.45) is 0 Å². The van der Waals surface area contributed by atoms with Gasteiger partial charge in [0, 0.05) is 5.56 Å². The van der Waals surface area contributed by atoms with Crippen LogP contribution in [0.25, 0.3) is 0 Å². The second-order valence-electron chi connectivity index (χ2n) is 3.63. The van der Waals surface area contributed by atoms with E-state index in [0.29, 0.717) is 0 Å². The van der Waals surface area contributed by atoms with Crippen LogP contribution < -0.4 is 0 Å². The lowest BCUT2D eigenvalue weighted by Gasteiger charge is -1.97. The highest BCUT2D eigenvalue weighted by Crippen LogP contribution is 2.04. The molecule has 0 fully saturated rings. The van der Waals surface area contributed by atoms with Gasteiger partial charge in [-0.2, -0.15) is 0 Å². The van der Waals surface area contributed by atoms with Crippen molar-refractivity contribution >= 4 is 5.78 Å². The van der Waals surface area contributed by atoms with E-state index in [0.717, 1.165) is 12.0 Å². The second kappa shape index (κ2) is 11.2.